The van der Waals surface area contributed by atoms with Crippen molar-refractivity contribution < 1.29 is 9.90 Å². The van der Waals surface area contributed by atoms with E-state index in [2.05, 4.69) is 0 Å². The zero-order valence-corrected chi connectivity index (χ0v) is 10.2. The maximum absolute atomic E-state index is 12.1. The molecule has 0 aromatic heterocycles. The molecule has 1 amide bonds. The minimum absolute atomic E-state index is 0.0912. The first-order chi connectivity index (χ1) is 8.60. The number of nitrogens with two attached hydrogens (primary N) is 1. The number of hydrogen-bond donors (Lipinski definition) is 2. The molecule has 3 rings (SSSR count). The van der Waals surface area contributed by atoms with Crippen molar-refractivity contribution in [1.29, 1.82) is 0 Å². The predicted octanol–water partition coefficient (Wildman–Crippen LogP) is 0.670. The molecule has 1 saturated carbocycles. The number of nitrogens with zero attached hydrogens (tertiary/aromatic N) is 1. The van der Waals surface area contributed by atoms with Gasteiger partial charge in [0.25, 0.3) is 0 Å². The molecule has 96 valence electrons. The maximum atomic E-state index is 12.1. The van der Waals surface area contributed by atoms with Crippen molar-refractivity contribution in [3.8, 4) is 0 Å². The Labute approximate surface area is 106 Å². The van der Waals surface area contributed by atoms with Gasteiger partial charge in [0, 0.05) is 0 Å². The molecular weight excluding hydrogens is 228 g/mol. The van der Waals surface area contributed by atoms with Gasteiger partial charge in [0.15, 0.2) is 0 Å². The van der Waals surface area contributed by atoms with E-state index in [1.54, 1.807) is 4.90 Å². The van der Waals surface area contributed by atoms with E-state index in [0.717, 1.165) is 18.4 Å². The Morgan fingerprint density at radius 1 is 1.33 bits per heavy atom. The van der Waals surface area contributed by atoms with E-state index in [-0.39, 0.29) is 5.91 Å². The molecule has 1 aliphatic heterocycles. The Morgan fingerprint density at radius 3 is 2.50 bits per heavy atom. The summed E-state index contributed by atoms with van der Waals surface area (Å²) in [4.78, 5) is 13.8. The minimum Gasteiger partial charge on any atom is -0.386 e. The van der Waals surface area contributed by atoms with Gasteiger partial charge in [-0.2, -0.15) is 0 Å². The molecule has 2 fully saturated rings. The van der Waals surface area contributed by atoms with Crippen molar-refractivity contribution in [1.82, 2.24) is 4.90 Å². The quantitative estimate of drug-likeness (QED) is 0.823. The molecule has 4 heteroatoms. The van der Waals surface area contributed by atoms with Crippen LogP contribution in [0.15, 0.2) is 30.3 Å². The number of aliphatic hydroxyl groups is 1. The van der Waals surface area contributed by atoms with E-state index in [9.17, 15) is 9.90 Å². The molecule has 1 atom stereocenters. The van der Waals surface area contributed by atoms with Crippen molar-refractivity contribution in [2.24, 2.45) is 11.7 Å². The Kier molecular flexibility index (Phi) is 2.64. The summed E-state index contributed by atoms with van der Waals surface area (Å²) >= 11 is 0. The zero-order valence-electron chi connectivity index (χ0n) is 10.2. The van der Waals surface area contributed by atoms with Crippen molar-refractivity contribution in [2.75, 3.05) is 13.1 Å². The molecule has 1 aromatic carbocycles. The highest BCUT2D eigenvalue weighted by molar-refractivity contribution is 5.84. The fourth-order valence-corrected chi connectivity index (χ4v) is 2.65. The van der Waals surface area contributed by atoms with Crippen molar-refractivity contribution in [3.05, 3.63) is 35.9 Å². The lowest BCUT2D eigenvalue weighted by atomic mass is 9.88. The first-order valence-corrected chi connectivity index (χ1v) is 6.42. The Bertz CT molecular complexity index is 450. The van der Waals surface area contributed by atoms with Gasteiger partial charge in [0.2, 0.25) is 5.91 Å². The molecule has 0 unspecified atom stereocenters. The average molecular weight is 246 g/mol. The molecular formula is C14H18N2O2. The number of carbonyl (C=O) groups excluding carboxylic acids is 1. The largest absolute Gasteiger partial charge is 0.386 e. The summed E-state index contributed by atoms with van der Waals surface area (Å²) in [5, 5.41) is 10.2. The standard InChI is InChI=1S/C14H18N2O2/c15-12(10-4-2-1-3-5-10)13(17)16-8-14(18,9-16)11-6-7-11/h1-5,11-12,18H,6-9,15H2/t12-/m0/s1. The molecule has 3 N–H and O–H groups in total. The summed E-state index contributed by atoms with van der Waals surface area (Å²) in [6.45, 7) is 0.883. The molecule has 4 nitrogen and oxygen atoms in total. The highest BCUT2D eigenvalue weighted by Crippen LogP contribution is 2.44. The second-order valence-electron chi connectivity index (χ2n) is 5.46. The second-order valence-corrected chi connectivity index (χ2v) is 5.46. The molecule has 0 radical (unpaired) electrons. The van der Waals surface area contributed by atoms with E-state index in [1.807, 2.05) is 30.3 Å². The second kappa shape index (κ2) is 4.07. The van der Waals surface area contributed by atoms with Crippen LogP contribution in [0.25, 0.3) is 0 Å². The van der Waals surface area contributed by atoms with Crippen LogP contribution in [-0.2, 0) is 4.79 Å². The lowest BCUT2D eigenvalue weighted by molar-refractivity contribution is -0.160. The van der Waals surface area contributed by atoms with Gasteiger partial charge in [-0.15, -0.1) is 0 Å². The average Bonchev–Trinajstić information content (AvgIpc) is 3.19. The summed E-state index contributed by atoms with van der Waals surface area (Å²) in [6.07, 6.45) is 2.17. The van der Waals surface area contributed by atoms with Crippen LogP contribution in [0.3, 0.4) is 0 Å². The van der Waals surface area contributed by atoms with Crippen LogP contribution in [0.1, 0.15) is 24.4 Å². The Morgan fingerprint density at radius 2 is 1.94 bits per heavy atom. The fraction of sp³-hybridized carbons (Fsp3) is 0.500. The number of rotatable bonds is 3. The van der Waals surface area contributed by atoms with E-state index in [0.29, 0.717) is 19.0 Å². The number of hydrogen-bond acceptors (Lipinski definition) is 3. The predicted molar refractivity (Wildman–Crippen MR) is 67.6 cm³/mol. The molecule has 2 aliphatic rings. The molecule has 1 aliphatic carbocycles. The third-order valence-electron chi connectivity index (χ3n) is 4.00. The first kappa shape index (κ1) is 11.7. The number of likely N-dealkylation sites (tertiary alicyclic amines) is 1. The molecule has 0 bridgehead atoms. The normalized spacial score (nSPS) is 23.3. The highest BCUT2D eigenvalue weighted by Gasteiger charge is 2.53. The summed E-state index contributed by atoms with van der Waals surface area (Å²) in [7, 11) is 0. The number of β-amino-alcohol motifs (C(OH)–C–C–N with tert-alkyl or cyclic N) is 1. The van der Waals surface area contributed by atoms with Crippen molar-refractivity contribution in [3.63, 3.8) is 0 Å². The molecule has 0 spiro atoms. The van der Waals surface area contributed by atoms with Crippen LogP contribution >= 0.6 is 0 Å². The van der Waals surface area contributed by atoms with Gasteiger partial charge in [0.05, 0.1) is 13.1 Å². The van der Waals surface area contributed by atoms with Crippen molar-refractivity contribution in [2.45, 2.75) is 24.5 Å². The van der Waals surface area contributed by atoms with Crippen molar-refractivity contribution >= 4 is 5.91 Å². The van der Waals surface area contributed by atoms with Crippen LogP contribution in [0, 0.1) is 5.92 Å². The Balaban J connectivity index is 1.63. The summed E-state index contributed by atoms with van der Waals surface area (Å²) in [5.41, 5.74) is 6.15. The molecule has 18 heavy (non-hydrogen) atoms. The van der Waals surface area contributed by atoms with Crippen LogP contribution in [0.2, 0.25) is 0 Å². The topological polar surface area (TPSA) is 66.6 Å². The molecule has 1 heterocycles. The zero-order chi connectivity index (χ0) is 12.8. The van der Waals surface area contributed by atoms with Gasteiger partial charge in [-0.05, 0) is 24.3 Å². The fourth-order valence-electron chi connectivity index (χ4n) is 2.65. The molecule has 1 aromatic rings. The smallest absolute Gasteiger partial charge is 0.244 e. The highest BCUT2D eigenvalue weighted by atomic mass is 16.3. The van der Waals surface area contributed by atoms with Gasteiger partial charge < -0.3 is 15.7 Å². The van der Waals surface area contributed by atoms with Crippen LogP contribution in [0.5, 0.6) is 0 Å². The lowest BCUT2D eigenvalue weighted by Crippen LogP contribution is -2.65. The van der Waals surface area contributed by atoms with E-state index in [4.69, 9.17) is 5.73 Å². The summed E-state index contributed by atoms with van der Waals surface area (Å²) < 4.78 is 0. The van der Waals surface area contributed by atoms with Crippen LogP contribution < -0.4 is 5.73 Å². The van der Waals surface area contributed by atoms with Crippen LogP contribution in [-0.4, -0.2) is 34.6 Å². The Hall–Kier alpha value is -1.39. The number of amides is 1. The summed E-state index contributed by atoms with van der Waals surface area (Å²) in [5.74, 6) is 0.307. The third-order valence-corrected chi connectivity index (χ3v) is 4.00. The molecule has 1 saturated heterocycles. The first-order valence-electron chi connectivity index (χ1n) is 6.42. The van der Waals surface area contributed by atoms with Gasteiger partial charge in [-0.1, -0.05) is 30.3 Å². The van der Waals surface area contributed by atoms with Gasteiger partial charge in [0.1, 0.15) is 11.6 Å². The number of carbonyl (C=O) groups is 1. The van der Waals surface area contributed by atoms with E-state index < -0.39 is 11.6 Å². The van der Waals surface area contributed by atoms with E-state index in [1.165, 1.54) is 0 Å². The van der Waals surface area contributed by atoms with Gasteiger partial charge in [-0.25, -0.2) is 0 Å². The van der Waals surface area contributed by atoms with E-state index >= 15 is 0 Å². The van der Waals surface area contributed by atoms with Gasteiger partial charge >= 0.3 is 0 Å². The lowest BCUT2D eigenvalue weighted by Gasteiger charge is -2.47. The van der Waals surface area contributed by atoms with Crippen LogP contribution in [0.4, 0.5) is 0 Å². The minimum atomic E-state index is -0.633. The summed E-state index contributed by atoms with van der Waals surface area (Å²) in [6, 6.07) is 8.74. The SMILES string of the molecule is N[C@H](C(=O)N1CC(O)(C2CC2)C1)c1ccccc1. The maximum Gasteiger partial charge on any atom is 0.244 e. The van der Waals surface area contributed by atoms with Gasteiger partial charge in [-0.3, -0.25) is 4.79 Å². The third kappa shape index (κ3) is 1.91. The number of benzene rings is 1. The monoisotopic (exact) mass is 246 g/mol.